The Balaban J connectivity index is 1.44. The van der Waals surface area contributed by atoms with Crippen LogP contribution in [0.25, 0.3) is 11.0 Å². The molecule has 178 valence electrons. The Bertz CT molecular complexity index is 1320. The van der Waals surface area contributed by atoms with Crippen molar-refractivity contribution in [1.29, 1.82) is 0 Å². The second-order valence-electron chi connectivity index (χ2n) is 8.68. The number of para-hydroxylation sites is 1. The fourth-order valence-electron chi connectivity index (χ4n) is 3.55. The number of nitrogens with zero attached hydrogens (tertiary/aromatic N) is 1. The fourth-order valence-corrected chi connectivity index (χ4v) is 4.37. The number of furan rings is 1. The Kier molecular flexibility index (Phi) is 7.83. The lowest BCUT2D eigenvalue weighted by Gasteiger charge is -2.09. The van der Waals surface area contributed by atoms with E-state index in [1.807, 2.05) is 72.8 Å². The molecule has 0 unspecified atom stereocenters. The highest BCUT2D eigenvalue weighted by Gasteiger charge is 2.15. The number of rotatable bonds is 9. The van der Waals surface area contributed by atoms with Crippen molar-refractivity contribution in [3.8, 4) is 0 Å². The normalized spacial score (nSPS) is 11.7. The topological polar surface area (TPSA) is 68.9 Å². The van der Waals surface area contributed by atoms with E-state index in [1.54, 1.807) is 17.8 Å². The van der Waals surface area contributed by atoms with E-state index in [4.69, 9.17) is 9.25 Å². The molecular formula is C29H27NO4S. The molecular weight excluding hydrogens is 458 g/mol. The number of carbonyl (C=O) groups is 2. The summed E-state index contributed by atoms with van der Waals surface area (Å²) < 4.78 is 5.71. The molecule has 6 heteroatoms. The number of hydrogen-bond acceptors (Lipinski definition) is 6. The van der Waals surface area contributed by atoms with Crippen molar-refractivity contribution in [2.75, 3.05) is 0 Å². The van der Waals surface area contributed by atoms with Crippen molar-refractivity contribution < 1.29 is 18.8 Å². The van der Waals surface area contributed by atoms with E-state index in [2.05, 4.69) is 19.0 Å². The molecule has 0 bridgehead atoms. The van der Waals surface area contributed by atoms with E-state index in [0.29, 0.717) is 22.8 Å². The minimum Gasteiger partial charge on any atom is -0.453 e. The van der Waals surface area contributed by atoms with Gasteiger partial charge in [0.15, 0.2) is 5.76 Å². The molecule has 4 aromatic rings. The number of ketones is 1. The van der Waals surface area contributed by atoms with E-state index < -0.39 is 5.97 Å². The first-order chi connectivity index (χ1) is 16.9. The molecule has 0 saturated heterocycles. The van der Waals surface area contributed by atoms with Crippen molar-refractivity contribution in [1.82, 2.24) is 0 Å². The van der Waals surface area contributed by atoms with Crippen molar-refractivity contribution in [2.45, 2.75) is 43.4 Å². The fraction of sp³-hybridized carbons (Fsp3) is 0.207. The standard InChI is InChI=1S/C29H27NO4S/c1-19(2)8-17-26(30-34-20(3)31)21-9-13-24(14-10-21)35-25-15-11-22(12-16-25)29(32)28-18-23-6-4-5-7-27(23)33-28/h4-7,9-16,18-19H,8,17H2,1-3H3. The van der Waals surface area contributed by atoms with E-state index >= 15 is 0 Å². The molecule has 0 fully saturated rings. The summed E-state index contributed by atoms with van der Waals surface area (Å²) in [5.41, 5.74) is 2.99. The quantitative estimate of drug-likeness (QED) is 0.106. The summed E-state index contributed by atoms with van der Waals surface area (Å²) in [6.45, 7) is 5.65. The van der Waals surface area contributed by atoms with Gasteiger partial charge < -0.3 is 9.25 Å². The predicted molar refractivity (Wildman–Crippen MR) is 139 cm³/mol. The van der Waals surface area contributed by atoms with Gasteiger partial charge in [-0.25, -0.2) is 4.79 Å². The van der Waals surface area contributed by atoms with E-state index in [1.165, 1.54) is 6.92 Å². The zero-order valence-electron chi connectivity index (χ0n) is 20.0. The highest BCUT2D eigenvalue weighted by atomic mass is 32.2. The molecule has 4 rings (SSSR count). The molecule has 35 heavy (non-hydrogen) atoms. The maximum atomic E-state index is 12.8. The zero-order chi connectivity index (χ0) is 24.8. The lowest BCUT2D eigenvalue weighted by atomic mass is 10.0. The molecule has 0 aliphatic rings. The van der Waals surface area contributed by atoms with Crippen LogP contribution in [0.15, 0.2) is 98.2 Å². The van der Waals surface area contributed by atoms with Crippen LogP contribution in [0.3, 0.4) is 0 Å². The Hall–Kier alpha value is -3.64. The Morgan fingerprint density at radius 1 is 0.914 bits per heavy atom. The summed E-state index contributed by atoms with van der Waals surface area (Å²) in [6.07, 6.45) is 1.69. The van der Waals surface area contributed by atoms with Crippen LogP contribution in [0.4, 0.5) is 0 Å². The lowest BCUT2D eigenvalue weighted by molar-refractivity contribution is -0.140. The second-order valence-corrected chi connectivity index (χ2v) is 9.83. The highest BCUT2D eigenvalue weighted by Crippen LogP contribution is 2.29. The molecule has 1 aromatic heterocycles. The van der Waals surface area contributed by atoms with Gasteiger partial charge in [0.25, 0.3) is 0 Å². The SMILES string of the molecule is CC(=O)ON=C(CCC(C)C)c1ccc(Sc2ccc(C(=O)c3cc4ccccc4o3)cc2)cc1. The van der Waals surface area contributed by atoms with Crippen molar-refractivity contribution in [3.05, 3.63) is 95.7 Å². The molecule has 0 spiro atoms. The lowest BCUT2D eigenvalue weighted by Crippen LogP contribution is -2.06. The number of hydrogen-bond donors (Lipinski definition) is 0. The van der Waals surface area contributed by atoms with Crippen molar-refractivity contribution in [3.63, 3.8) is 0 Å². The van der Waals surface area contributed by atoms with Crippen LogP contribution in [0.2, 0.25) is 0 Å². The van der Waals surface area contributed by atoms with Crippen molar-refractivity contribution >= 4 is 40.2 Å². The molecule has 0 N–H and O–H groups in total. The Labute approximate surface area is 209 Å². The van der Waals surface area contributed by atoms with Gasteiger partial charge in [0, 0.05) is 27.7 Å². The number of benzene rings is 3. The third-order valence-electron chi connectivity index (χ3n) is 5.43. The zero-order valence-corrected chi connectivity index (χ0v) is 20.8. The third kappa shape index (κ3) is 6.49. The average Bonchev–Trinajstić information content (AvgIpc) is 3.29. The van der Waals surface area contributed by atoms with Gasteiger partial charge in [0.1, 0.15) is 5.58 Å². The Morgan fingerprint density at radius 2 is 1.54 bits per heavy atom. The van der Waals surface area contributed by atoms with Crippen LogP contribution in [0.5, 0.6) is 0 Å². The number of oxime groups is 1. The molecule has 0 radical (unpaired) electrons. The van der Waals surface area contributed by atoms with Crippen LogP contribution in [-0.2, 0) is 9.63 Å². The monoisotopic (exact) mass is 485 g/mol. The predicted octanol–water partition coefficient (Wildman–Crippen LogP) is 7.52. The molecule has 1 heterocycles. The molecule has 0 aliphatic carbocycles. The van der Waals surface area contributed by atoms with Gasteiger partial charge in [-0.15, -0.1) is 0 Å². The molecule has 0 saturated carbocycles. The molecule has 3 aromatic carbocycles. The summed E-state index contributed by atoms with van der Waals surface area (Å²) in [6, 6.07) is 24.9. The third-order valence-corrected chi connectivity index (χ3v) is 6.45. The smallest absolute Gasteiger partial charge is 0.331 e. The van der Waals surface area contributed by atoms with E-state index in [0.717, 1.165) is 39.3 Å². The molecule has 0 amide bonds. The largest absolute Gasteiger partial charge is 0.453 e. The van der Waals surface area contributed by atoms with Gasteiger partial charge >= 0.3 is 5.97 Å². The first-order valence-corrected chi connectivity index (χ1v) is 12.4. The Morgan fingerprint density at radius 3 is 2.14 bits per heavy atom. The average molecular weight is 486 g/mol. The molecule has 0 atom stereocenters. The second kappa shape index (κ2) is 11.2. The summed E-state index contributed by atoms with van der Waals surface area (Å²) >= 11 is 1.60. The van der Waals surface area contributed by atoms with Gasteiger partial charge in [-0.1, -0.05) is 61.1 Å². The number of fused-ring (bicyclic) bond motifs is 1. The maximum Gasteiger partial charge on any atom is 0.331 e. The van der Waals surface area contributed by atoms with Gasteiger partial charge in [0.2, 0.25) is 5.78 Å². The van der Waals surface area contributed by atoms with Gasteiger partial charge in [0.05, 0.1) is 5.71 Å². The summed E-state index contributed by atoms with van der Waals surface area (Å²) in [7, 11) is 0. The van der Waals surface area contributed by atoms with Gasteiger partial charge in [-0.3, -0.25) is 4.79 Å². The summed E-state index contributed by atoms with van der Waals surface area (Å²) in [4.78, 5) is 31.0. The van der Waals surface area contributed by atoms with Crippen LogP contribution >= 0.6 is 11.8 Å². The van der Waals surface area contributed by atoms with Crippen LogP contribution < -0.4 is 0 Å². The molecule has 0 aliphatic heterocycles. The summed E-state index contributed by atoms with van der Waals surface area (Å²) in [5, 5.41) is 4.98. The minimum absolute atomic E-state index is 0.136. The first kappa shape index (κ1) is 24.5. The molecule has 5 nitrogen and oxygen atoms in total. The van der Waals surface area contributed by atoms with E-state index in [-0.39, 0.29) is 5.78 Å². The highest BCUT2D eigenvalue weighted by molar-refractivity contribution is 7.99. The van der Waals surface area contributed by atoms with Gasteiger partial charge in [-0.2, -0.15) is 0 Å². The van der Waals surface area contributed by atoms with Gasteiger partial charge in [-0.05, 0) is 72.9 Å². The van der Waals surface area contributed by atoms with Crippen LogP contribution in [0.1, 0.15) is 55.3 Å². The van der Waals surface area contributed by atoms with Crippen LogP contribution in [0, 0.1) is 5.92 Å². The first-order valence-electron chi connectivity index (χ1n) is 11.5. The maximum absolute atomic E-state index is 12.8. The van der Waals surface area contributed by atoms with Crippen molar-refractivity contribution in [2.24, 2.45) is 11.1 Å². The van der Waals surface area contributed by atoms with Crippen LogP contribution in [-0.4, -0.2) is 17.5 Å². The minimum atomic E-state index is -0.429. The summed E-state index contributed by atoms with van der Waals surface area (Å²) in [5.74, 6) is 0.296. The van der Waals surface area contributed by atoms with E-state index in [9.17, 15) is 9.59 Å². The number of carbonyl (C=O) groups excluding carboxylic acids is 2.